The van der Waals surface area contributed by atoms with Gasteiger partial charge in [0.1, 0.15) is 22.6 Å². The lowest BCUT2D eigenvalue weighted by Gasteiger charge is -2.37. The van der Waals surface area contributed by atoms with Gasteiger partial charge < -0.3 is 10.6 Å². The molecule has 0 saturated carbocycles. The molecule has 35 heavy (non-hydrogen) atoms. The van der Waals surface area contributed by atoms with Crippen molar-refractivity contribution in [3.63, 3.8) is 0 Å². The number of rotatable bonds is 6. The lowest BCUT2D eigenvalue weighted by molar-refractivity contribution is -0.125. The zero-order valence-corrected chi connectivity index (χ0v) is 19.7. The van der Waals surface area contributed by atoms with Crippen molar-refractivity contribution in [1.29, 1.82) is 0 Å². The summed E-state index contributed by atoms with van der Waals surface area (Å²) in [5.41, 5.74) is 0.749. The minimum absolute atomic E-state index is 0.0159. The van der Waals surface area contributed by atoms with Gasteiger partial charge in [0, 0.05) is 17.5 Å². The number of halogens is 2. The Kier molecular flexibility index (Phi) is 6.58. The third kappa shape index (κ3) is 4.61. The number of carbonyl (C=O) groups excluding carboxylic acids is 2. The van der Waals surface area contributed by atoms with E-state index >= 15 is 0 Å². The molecule has 1 aliphatic heterocycles. The number of hydrogen-bond acceptors (Lipinski definition) is 4. The molecule has 0 unspecified atom stereocenters. The molecule has 0 saturated heterocycles. The molecule has 182 valence electrons. The van der Waals surface area contributed by atoms with Crippen LogP contribution in [-0.2, 0) is 14.8 Å². The molecule has 1 heterocycles. The van der Waals surface area contributed by atoms with E-state index in [2.05, 4.69) is 10.6 Å². The Hall–Kier alpha value is -3.79. The van der Waals surface area contributed by atoms with Gasteiger partial charge in [0.15, 0.2) is 0 Å². The first-order valence-corrected chi connectivity index (χ1v) is 12.3. The maximum atomic E-state index is 14.3. The number of urea groups is 1. The third-order valence-electron chi connectivity index (χ3n) is 5.97. The minimum atomic E-state index is -4.41. The largest absolute Gasteiger partial charge is 0.348 e. The second kappa shape index (κ2) is 9.46. The fourth-order valence-electron chi connectivity index (χ4n) is 4.16. The van der Waals surface area contributed by atoms with E-state index in [0.717, 1.165) is 6.07 Å². The Labute approximate surface area is 201 Å². The summed E-state index contributed by atoms with van der Waals surface area (Å²) in [5, 5.41) is 5.13. The van der Waals surface area contributed by atoms with Crippen LogP contribution >= 0.6 is 0 Å². The van der Waals surface area contributed by atoms with Crippen molar-refractivity contribution in [2.24, 2.45) is 0 Å². The average molecular weight is 500 g/mol. The molecular weight excluding hydrogens is 476 g/mol. The first-order valence-electron chi connectivity index (χ1n) is 10.9. The molecule has 0 bridgehead atoms. The van der Waals surface area contributed by atoms with Crippen LogP contribution in [0, 0.1) is 11.6 Å². The summed E-state index contributed by atoms with van der Waals surface area (Å²) in [7, 11) is -4.41. The number of amides is 3. The van der Waals surface area contributed by atoms with Crippen molar-refractivity contribution in [3.8, 4) is 0 Å². The van der Waals surface area contributed by atoms with E-state index in [4.69, 9.17) is 0 Å². The quantitative estimate of drug-likeness (QED) is 0.520. The van der Waals surface area contributed by atoms with Gasteiger partial charge in [0.05, 0.1) is 11.7 Å². The van der Waals surface area contributed by atoms with Gasteiger partial charge in [-0.05, 0) is 30.7 Å². The zero-order chi connectivity index (χ0) is 25.3. The lowest BCUT2D eigenvalue weighted by Crippen LogP contribution is -2.57. The van der Waals surface area contributed by atoms with Crippen LogP contribution in [0.2, 0.25) is 0 Å². The number of sulfonamides is 1. The maximum Gasteiger partial charge on any atom is 0.336 e. The molecule has 0 aromatic heterocycles. The Bertz CT molecular complexity index is 1380. The highest BCUT2D eigenvalue weighted by Gasteiger charge is 2.46. The molecule has 3 amide bonds. The number of hydrogen-bond donors (Lipinski definition) is 2. The number of para-hydroxylation sites is 1. The molecule has 0 fully saturated rings. The Morgan fingerprint density at radius 2 is 1.63 bits per heavy atom. The normalized spacial score (nSPS) is 17.0. The highest BCUT2D eigenvalue weighted by molar-refractivity contribution is 7.90. The average Bonchev–Trinajstić information content (AvgIpc) is 2.81. The molecule has 0 aliphatic carbocycles. The summed E-state index contributed by atoms with van der Waals surface area (Å²) < 4.78 is 55.3. The predicted molar refractivity (Wildman–Crippen MR) is 126 cm³/mol. The second-order valence-electron chi connectivity index (χ2n) is 8.27. The number of fused-ring (bicyclic) bond motifs is 1. The van der Waals surface area contributed by atoms with Crippen LogP contribution in [0.25, 0.3) is 0 Å². The Balaban J connectivity index is 1.76. The number of nitrogens with one attached hydrogen (secondary N) is 2. The molecule has 3 atom stereocenters. The minimum Gasteiger partial charge on any atom is -0.348 e. The standard InChI is InChI=1S/C25H23F2N3O4S/c1-15(17-8-4-3-5-9-17)23(24(31)28-16(2)19-13-12-18(26)14-20(19)27)30-25(32)29-21-10-6-7-11-22(21)35(30,33)34/h3-16,23H,1-2H3,(H,28,31)(H,29,32)/t15-,16-,23+/m1/s1. The van der Waals surface area contributed by atoms with Crippen LogP contribution in [0.1, 0.15) is 36.9 Å². The highest BCUT2D eigenvalue weighted by Crippen LogP contribution is 2.35. The molecule has 1 aliphatic rings. The molecule has 7 nitrogen and oxygen atoms in total. The topological polar surface area (TPSA) is 95.6 Å². The third-order valence-corrected chi connectivity index (χ3v) is 7.80. The smallest absolute Gasteiger partial charge is 0.336 e. The molecule has 0 spiro atoms. The van der Waals surface area contributed by atoms with Gasteiger partial charge in [-0.15, -0.1) is 0 Å². The number of carbonyl (C=O) groups is 2. The van der Waals surface area contributed by atoms with Crippen molar-refractivity contribution in [2.75, 3.05) is 5.32 Å². The number of anilines is 1. The van der Waals surface area contributed by atoms with Crippen LogP contribution in [0.5, 0.6) is 0 Å². The molecular formula is C25H23F2N3O4S. The molecule has 3 aromatic carbocycles. The predicted octanol–water partition coefficient (Wildman–Crippen LogP) is 4.55. The SMILES string of the molecule is C[C@H](c1ccccc1)[C@@H](C(=O)N[C@H](C)c1ccc(F)cc1F)N1C(=O)Nc2ccccc2S1(=O)=O. The molecule has 0 radical (unpaired) electrons. The Morgan fingerprint density at radius 1 is 0.971 bits per heavy atom. The highest BCUT2D eigenvalue weighted by atomic mass is 32.2. The van der Waals surface area contributed by atoms with Crippen LogP contribution in [0.15, 0.2) is 77.7 Å². The second-order valence-corrected chi connectivity index (χ2v) is 10.1. The van der Waals surface area contributed by atoms with Crippen LogP contribution in [-0.4, -0.2) is 30.7 Å². The molecule has 2 N–H and O–H groups in total. The van der Waals surface area contributed by atoms with Crippen LogP contribution in [0.3, 0.4) is 0 Å². The van der Waals surface area contributed by atoms with Gasteiger partial charge >= 0.3 is 6.03 Å². The van der Waals surface area contributed by atoms with E-state index in [9.17, 15) is 26.8 Å². The van der Waals surface area contributed by atoms with Gasteiger partial charge in [-0.25, -0.2) is 26.3 Å². The molecule has 3 aromatic rings. The van der Waals surface area contributed by atoms with E-state index in [1.807, 2.05) is 0 Å². The lowest BCUT2D eigenvalue weighted by atomic mass is 9.92. The van der Waals surface area contributed by atoms with Crippen LogP contribution < -0.4 is 10.6 Å². The summed E-state index contributed by atoms with van der Waals surface area (Å²) in [6.07, 6.45) is 0. The fraction of sp³-hybridized carbons (Fsp3) is 0.200. The zero-order valence-electron chi connectivity index (χ0n) is 18.9. The first kappa shape index (κ1) is 24.3. The molecule has 10 heteroatoms. The van der Waals surface area contributed by atoms with Gasteiger partial charge in [-0.2, -0.15) is 0 Å². The van der Waals surface area contributed by atoms with E-state index in [-0.39, 0.29) is 16.1 Å². The first-order chi connectivity index (χ1) is 16.6. The van der Waals surface area contributed by atoms with Crippen molar-refractivity contribution in [1.82, 2.24) is 9.62 Å². The van der Waals surface area contributed by atoms with Crippen molar-refractivity contribution < 1.29 is 26.8 Å². The van der Waals surface area contributed by atoms with E-state index in [1.54, 1.807) is 43.3 Å². The number of nitrogens with zero attached hydrogens (tertiary/aromatic N) is 1. The number of benzene rings is 3. The van der Waals surface area contributed by atoms with Gasteiger partial charge in [0.2, 0.25) is 5.91 Å². The van der Waals surface area contributed by atoms with Crippen molar-refractivity contribution in [2.45, 2.75) is 36.7 Å². The fourth-order valence-corrected chi connectivity index (χ4v) is 5.86. The summed E-state index contributed by atoms with van der Waals surface area (Å²) in [5.74, 6) is -3.19. The van der Waals surface area contributed by atoms with Crippen molar-refractivity contribution in [3.05, 3.63) is 95.6 Å². The Morgan fingerprint density at radius 3 is 2.31 bits per heavy atom. The summed E-state index contributed by atoms with van der Waals surface area (Å²) in [4.78, 5) is 26.5. The van der Waals surface area contributed by atoms with Crippen LogP contribution in [0.4, 0.5) is 19.3 Å². The van der Waals surface area contributed by atoms with E-state index in [0.29, 0.717) is 15.9 Å². The monoisotopic (exact) mass is 499 g/mol. The summed E-state index contributed by atoms with van der Waals surface area (Å²) >= 11 is 0. The molecule has 4 rings (SSSR count). The summed E-state index contributed by atoms with van der Waals surface area (Å²) in [6.45, 7) is 3.12. The summed E-state index contributed by atoms with van der Waals surface area (Å²) in [6, 6.07) is 14.1. The van der Waals surface area contributed by atoms with E-state index in [1.165, 1.54) is 31.2 Å². The maximum absolute atomic E-state index is 14.3. The van der Waals surface area contributed by atoms with Gasteiger partial charge in [-0.3, -0.25) is 4.79 Å². The van der Waals surface area contributed by atoms with Gasteiger partial charge in [-0.1, -0.05) is 55.5 Å². The van der Waals surface area contributed by atoms with Crippen molar-refractivity contribution >= 4 is 27.6 Å². The van der Waals surface area contributed by atoms with Gasteiger partial charge in [0.25, 0.3) is 10.0 Å². The van der Waals surface area contributed by atoms with E-state index < -0.39 is 51.6 Å².